The van der Waals surface area contributed by atoms with Crippen LogP contribution in [0.2, 0.25) is 0 Å². The number of rotatable bonds is 6. The molecule has 3 aromatic heterocycles. The van der Waals surface area contributed by atoms with Crippen LogP contribution in [-0.2, 0) is 9.53 Å². The second kappa shape index (κ2) is 9.57. The lowest BCUT2D eigenvalue weighted by Gasteiger charge is -2.30. The van der Waals surface area contributed by atoms with Gasteiger partial charge in [-0.05, 0) is 49.8 Å². The van der Waals surface area contributed by atoms with Crippen molar-refractivity contribution in [1.82, 2.24) is 15.0 Å². The number of piperidine rings is 1. The highest BCUT2D eigenvalue weighted by Crippen LogP contribution is 2.33. The van der Waals surface area contributed by atoms with Gasteiger partial charge in [-0.15, -0.1) is 22.7 Å². The van der Waals surface area contributed by atoms with Crippen molar-refractivity contribution in [3.05, 3.63) is 50.1 Å². The van der Waals surface area contributed by atoms with E-state index in [9.17, 15) is 9.59 Å². The zero-order valence-electron chi connectivity index (χ0n) is 17.4. The van der Waals surface area contributed by atoms with Crippen LogP contribution >= 0.6 is 22.7 Å². The van der Waals surface area contributed by atoms with E-state index in [2.05, 4.69) is 16.2 Å². The molecule has 4 rings (SSSR count). The van der Waals surface area contributed by atoms with Gasteiger partial charge in [0, 0.05) is 41.4 Å². The Bertz CT molecular complexity index is 1090. The molecule has 0 bridgehead atoms. The van der Waals surface area contributed by atoms with Gasteiger partial charge in [0.15, 0.2) is 11.5 Å². The molecule has 4 heterocycles. The number of likely N-dealkylation sites (tertiary alicyclic amines) is 1. The maximum absolute atomic E-state index is 12.5. The average molecular weight is 458 g/mol. The Morgan fingerprint density at radius 3 is 2.84 bits per heavy atom. The molecule has 1 aliphatic rings. The van der Waals surface area contributed by atoms with Crippen LogP contribution in [0.3, 0.4) is 0 Å². The molecule has 0 aromatic carbocycles. The number of ether oxygens (including phenoxy) is 1. The number of thiazole rings is 1. The van der Waals surface area contributed by atoms with Crippen LogP contribution in [0.25, 0.3) is 17.5 Å². The van der Waals surface area contributed by atoms with E-state index in [0.29, 0.717) is 30.5 Å². The van der Waals surface area contributed by atoms with Gasteiger partial charge in [0.25, 0.3) is 0 Å². The summed E-state index contributed by atoms with van der Waals surface area (Å²) in [6, 6.07) is 3.61. The third-order valence-electron chi connectivity index (χ3n) is 5.20. The minimum absolute atomic E-state index is 0.0548. The molecule has 7 nitrogen and oxygen atoms in total. The van der Waals surface area contributed by atoms with Crippen molar-refractivity contribution in [2.24, 2.45) is 0 Å². The molecule has 31 heavy (non-hydrogen) atoms. The van der Waals surface area contributed by atoms with Crippen LogP contribution in [-0.4, -0.2) is 46.6 Å². The minimum atomic E-state index is -0.506. The molecular formula is C22H23N3O4S2. The Kier molecular flexibility index (Phi) is 6.62. The second-order valence-corrected chi connectivity index (χ2v) is 9.11. The number of carbonyl (C=O) groups is 2. The fourth-order valence-electron chi connectivity index (χ4n) is 3.44. The number of thiophene rings is 1. The maximum atomic E-state index is 12.5. The summed E-state index contributed by atoms with van der Waals surface area (Å²) in [5.74, 6) is 0.304. The number of amides is 1. The summed E-state index contributed by atoms with van der Waals surface area (Å²) < 4.78 is 10.2. The Morgan fingerprint density at radius 1 is 1.32 bits per heavy atom. The summed E-state index contributed by atoms with van der Waals surface area (Å²) in [5, 5.41) is 8.73. The summed E-state index contributed by atoms with van der Waals surface area (Å²) in [5.41, 5.74) is 1.99. The molecule has 0 aliphatic carbocycles. The highest BCUT2D eigenvalue weighted by Gasteiger charge is 2.26. The van der Waals surface area contributed by atoms with Gasteiger partial charge in [-0.25, -0.2) is 9.78 Å². The van der Waals surface area contributed by atoms with Crippen LogP contribution < -0.4 is 0 Å². The van der Waals surface area contributed by atoms with E-state index in [1.54, 1.807) is 41.7 Å². The number of aryl methyl sites for hydroxylation is 1. The molecule has 0 saturated carbocycles. The van der Waals surface area contributed by atoms with Crippen LogP contribution in [0.4, 0.5) is 0 Å². The quantitative estimate of drug-likeness (QED) is 0.392. The van der Waals surface area contributed by atoms with Gasteiger partial charge in [0.05, 0.1) is 11.6 Å². The lowest BCUT2D eigenvalue weighted by atomic mass is 9.97. The number of hydrogen-bond donors (Lipinski definition) is 0. The van der Waals surface area contributed by atoms with E-state index >= 15 is 0 Å². The molecule has 1 aliphatic heterocycles. The topological polar surface area (TPSA) is 85.5 Å². The molecule has 1 fully saturated rings. The van der Waals surface area contributed by atoms with Crippen molar-refractivity contribution in [3.8, 4) is 11.5 Å². The van der Waals surface area contributed by atoms with Crippen molar-refractivity contribution in [3.63, 3.8) is 0 Å². The molecule has 0 unspecified atom stereocenters. The number of hydrogen-bond acceptors (Lipinski definition) is 8. The van der Waals surface area contributed by atoms with Crippen LogP contribution in [0.5, 0.6) is 0 Å². The van der Waals surface area contributed by atoms with Crippen LogP contribution in [0, 0.1) is 6.92 Å². The Labute approximate surface area is 188 Å². The smallest absolute Gasteiger partial charge is 0.360 e. The molecule has 1 saturated heterocycles. The third-order valence-corrected chi connectivity index (χ3v) is 7.20. The first-order chi connectivity index (χ1) is 15.0. The lowest BCUT2D eigenvalue weighted by Crippen LogP contribution is -2.36. The molecule has 162 valence electrons. The first kappa shape index (κ1) is 21.5. The third kappa shape index (κ3) is 4.94. The number of aromatic nitrogens is 2. The Hall–Kier alpha value is -2.78. The summed E-state index contributed by atoms with van der Waals surface area (Å²) in [6.45, 7) is 5.49. The molecule has 9 heteroatoms. The van der Waals surface area contributed by atoms with Gasteiger partial charge in [0.2, 0.25) is 5.91 Å². The summed E-state index contributed by atoms with van der Waals surface area (Å²) in [4.78, 5) is 32.0. The first-order valence-corrected chi connectivity index (χ1v) is 11.9. The second-order valence-electron chi connectivity index (χ2n) is 7.27. The van der Waals surface area contributed by atoms with Crippen molar-refractivity contribution in [2.45, 2.75) is 32.6 Å². The minimum Gasteiger partial charge on any atom is -0.461 e. The molecule has 0 atom stereocenters. The first-order valence-electron chi connectivity index (χ1n) is 10.2. The van der Waals surface area contributed by atoms with Crippen molar-refractivity contribution in [1.29, 1.82) is 0 Å². The summed E-state index contributed by atoms with van der Waals surface area (Å²) in [7, 11) is 0. The van der Waals surface area contributed by atoms with Gasteiger partial charge < -0.3 is 14.2 Å². The van der Waals surface area contributed by atoms with Crippen LogP contribution in [0.15, 0.2) is 33.5 Å². The van der Waals surface area contributed by atoms with Crippen molar-refractivity contribution < 1.29 is 18.8 Å². The largest absolute Gasteiger partial charge is 0.461 e. The van der Waals surface area contributed by atoms with E-state index in [1.165, 1.54) is 5.56 Å². The van der Waals surface area contributed by atoms with Crippen LogP contribution in [0.1, 0.15) is 51.6 Å². The normalized spacial score (nSPS) is 15.0. The number of nitrogens with zero attached hydrogens (tertiary/aromatic N) is 3. The van der Waals surface area contributed by atoms with E-state index in [0.717, 1.165) is 22.7 Å². The van der Waals surface area contributed by atoms with Gasteiger partial charge >= 0.3 is 5.97 Å². The molecule has 3 aromatic rings. The monoisotopic (exact) mass is 457 g/mol. The summed E-state index contributed by atoms with van der Waals surface area (Å²) >= 11 is 3.21. The van der Waals surface area contributed by atoms with E-state index in [4.69, 9.17) is 9.26 Å². The highest BCUT2D eigenvalue weighted by atomic mass is 32.1. The molecule has 1 amide bonds. The van der Waals surface area contributed by atoms with Crippen molar-refractivity contribution >= 4 is 40.6 Å². The van der Waals surface area contributed by atoms with E-state index in [-0.39, 0.29) is 18.2 Å². The predicted octanol–water partition coefficient (Wildman–Crippen LogP) is 4.76. The highest BCUT2D eigenvalue weighted by molar-refractivity contribution is 7.11. The average Bonchev–Trinajstić information content (AvgIpc) is 3.53. The Morgan fingerprint density at radius 2 is 2.13 bits per heavy atom. The Balaban J connectivity index is 1.34. The molecule has 0 radical (unpaired) electrons. The summed E-state index contributed by atoms with van der Waals surface area (Å²) in [6.07, 6.45) is 5.32. The van der Waals surface area contributed by atoms with E-state index in [1.807, 2.05) is 28.7 Å². The van der Waals surface area contributed by atoms with E-state index < -0.39 is 5.97 Å². The zero-order chi connectivity index (χ0) is 21.8. The zero-order valence-corrected chi connectivity index (χ0v) is 19.0. The fraction of sp³-hybridized carbons (Fsp3) is 0.364. The maximum Gasteiger partial charge on any atom is 0.360 e. The molecule has 0 N–H and O–H groups in total. The van der Waals surface area contributed by atoms with Gasteiger partial charge in [-0.1, -0.05) is 5.16 Å². The molecule has 0 spiro atoms. The predicted molar refractivity (Wildman–Crippen MR) is 120 cm³/mol. The van der Waals surface area contributed by atoms with Gasteiger partial charge in [-0.2, -0.15) is 0 Å². The lowest BCUT2D eigenvalue weighted by molar-refractivity contribution is -0.126. The van der Waals surface area contributed by atoms with Crippen molar-refractivity contribution in [2.75, 3.05) is 19.7 Å². The SMILES string of the molecule is CCOC(=O)c1cc(-c2csc(C3CCN(C(=O)C=Cc4sccc4C)CC3)n2)on1. The standard InChI is InChI=1S/C22H23N3O4S2/c1-3-28-22(27)16-12-18(29-24-16)17-13-31-21(23-17)15-6-9-25(10-7-15)20(26)5-4-19-14(2)8-11-30-19/h4-5,8,11-13,15H,3,6-7,9-10H2,1-2H3. The van der Waals surface area contributed by atoms with Gasteiger partial charge in [0.1, 0.15) is 5.69 Å². The number of esters is 1. The van der Waals surface area contributed by atoms with Gasteiger partial charge in [-0.3, -0.25) is 4.79 Å². The molecular weight excluding hydrogens is 434 g/mol. The fourth-order valence-corrected chi connectivity index (χ4v) is 5.24. The number of carbonyl (C=O) groups excluding carboxylic acids is 2.